The first-order valence-corrected chi connectivity index (χ1v) is 9.63. The van der Waals surface area contributed by atoms with E-state index >= 15 is 0 Å². The van der Waals surface area contributed by atoms with E-state index < -0.39 is 0 Å². The summed E-state index contributed by atoms with van der Waals surface area (Å²) >= 11 is 2.06. The van der Waals surface area contributed by atoms with Crippen LogP contribution < -0.4 is 0 Å². The molecule has 23 heavy (non-hydrogen) atoms. The van der Waals surface area contributed by atoms with E-state index in [9.17, 15) is 4.79 Å². The van der Waals surface area contributed by atoms with Crippen LogP contribution in [0.5, 0.6) is 0 Å². The Morgan fingerprint density at radius 1 is 1.22 bits per heavy atom. The number of fused-ring (bicyclic) bond motifs is 1. The highest BCUT2D eigenvalue weighted by Gasteiger charge is 2.38. The zero-order chi connectivity index (χ0) is 15.9. The van der Waals surface area contributed by atoms with E-state index in [1.165, 1.54) is 30.8 Å². The van der Waals surface area contributed by atoms with Gasteiger partial charge in [0.05, 0.1) is 11.3 Å². The highest BCUT2D eigenvalue weighted by molar-refractivity contribution is 7.99. The summed E-state index contributed by atoms with van der Waals surface area (Å²) in [5, 5.41) is 0. The van der Waals surface area contributed by atoms with Gasteiger partial charge in [-0.05, 0) is 61.7 Å². The van der Waals surface area contributed by atoms with Gasteiger partial charge in [-0.2, -0.15) is 11.8 Å². The van der Waals surface area contributed by atoms with Gasteiger partial charge in [-0.15, -0.1) is 0 Å². The van der Waals surface area contributed by atoms with E-state index in [1.54, 1.807) is 0 Å². The van der Waals surface area contributed by atoms with Crippen molar-refractivity contribution in [1.82, 2.24) is 14.3 Å². The number of aryl methyl sites for hydroxylation is 1. The molecule has 122 valence electrons. The van der Waals surface area contributed by atoms with E-state index in [1.807, 2.05) is 35.9 Å². The molecule has 0 N–H and O–H groups in total. The lowest BCUT2D eigenvalue weighted by molar-refractivity contribution is 0.0486. The van der Waals surface area contributed by atoms with Crippen LogP contribution >= 0.6 is 11.8 Å². The minimum absolute atomic E-state index is 0.176. The third-order valence-corrected chi connectivity index (χ3v) is 6.31. The predicted octanol–water partition coefficient (Wildman–Crippen LogP) is 3.39. The van der Waals surface area contributed by atoms with E-state index in [2.05, 4.69) is 21.6 Å². The maximum atomic E-state index is 13.0. The lowest BCUT2D eigenvalue weighted by Crippen LogP contribution is -2.47. The van der Waals surface area contributed by atoms with Gasteiger partial charge in [-0.3, -0.25) is 4.79 Å². The molecule has 4 heterocycles. The number of piperidine rings is 1. The number of carbonyl (C=O) groups is 1. The van der Waals surface area contributed by atoms with Crippen molar-refractivity contribution < 1.29 is 4.79 Å². The molecule has 1 amide bonds. The molecule has 0 aromatic carbocycles. The van der Waals surface area contributed by atoms with Crippen LogP contribution in [0.4, 0.5) is 0 Å². The molecule has 5 heteroatoms. The number of imidazole rings is 1. The number of rotatable bonds is 1. The summed E-state index contributed by atoms with van der Waals surface area (Å²) in [5.41, 5.74) is 3.04. The van der Waals surface area contributed by atoms with Crippen molar-refractivity contribution in [2.75, 3.05) is 24.6 Å². The summed E-state index contributed by atoms with van der Waals surface area (Å²) in [5.74, 6) is 2.68. The second-order valence-corrected chi connectivity index (χ2v) is 8.23. The van der Waals surface area contributed by atoms with Gasteiger partial charge in [0.15, 0.2) is 0 Å². The Morgan fingerprint density at radius 2 is 2.04 bits per heavy atom. The number of amides is 1. The molecule has 2 fully saturated rings. The summed E-state index contributed by atoms with van der Waals surface area (Å²) in [4.78, 5) is 19.5. The molecule has 2 aliphatic heterocycles. The highest BCUT2D eigenvalue weighted by atomic mass is 32.2. The molecule has 0 unspecified atom stereocenters. The third-order valence-electron chi connectivity index (χ3n) is 5.32. The molecule has 4 nitrogen and oxygen atoms in total. The number of pyridine rings is 1. The molecule has 2 saturated heterocycles. The average molecular weight is 329 g/mol. The van der Waals surface area contributed by atoms with Crippen LogP contribution in [0.2, 0.25) is 0 Å². The van der Waals surface area contributed by atoms with Crippen LogP contribution in [0, 0.1) is 12.3 Å². The van der Waals surface area contributed by atoms with Crippen molar-refractivity contribution in [3.8, 4) is 0 Å². The number of hydrogen-bond donors (Lipinski definition) is 0. The van der Waals surface area contributed by atoms with E-state index in [4.69, 9.17) is 0 Å². The van der Waals surface area contributed by atoms with E-state index in [0.29, 0.717) is 5.41 Å². The largest absolute Gasteiger partial charge is 0.338 e. The first kappa shape index (κ1) is 15.1. The maximum Gasteiger partial charge on any atom is 0.255 e. The second kappa shape index (κ2) is 5.86. The summed E-state index contributed by atoms with van der Waals surface area (Å²) in [7, 11) is 0. The van der Waals surface area contributed by atoms with E-state index in [0.717, 1.165) is 36.4 Å². The van der Waals surface area contributed by atoms with Gasteiger partial charge >= 0.3 is 0 Å². The number of hydrogen-bond acceptors (Lipinski definition) is 3. The summed E-state index contributed by atoms with van der Waals surface area (Å²) in [6.07, 6.45) is 8.86. The zero-order valence-electron chi connectivity index (χ0n) is 13.6. The molecule has 2 aliphatic rings. The smallest absolute Gasteiger partial charge is 0.255 e. The van der Waals surface area contributed by atoms with Gasteiger partial charge in [0.25, 0.3) is 5.91 Å². The minimum atomic E-state index is 0.176. The first-order chi connectivity index (χ1) is 11.2. The molecule has 0 saturated carbocycles. The monoisotopic (exact) mass is 329 g/mol. The molecular formula is C18H23N3OS. The number of aromatic nitrogens is 2. The Bertz CT molecular complexity index is 727. The zero-order valence-corrected chi connectivity index (χ0v) is 14.4. The lowest BCUT2D eigenvalue weighted by atomic mass is 9.75. The molecular weight excluding hydrogens is 306 g/mol. The topological polar surface area (TPSA) is 37.6 Å². The number of nitrogens with zero attached hydrogens (tertiary/aromatic N) is 3. The normalized spacial score (nSPS) is 21.0. The van der Waals surface area contributed by atoms with Gasteiger partial charge in [0.1, 0.15) is 5.65 Å². The molecule has 0 aliphatic carbocycles. The lowest BCUT2D eigenvalue weighted by Gasteiger charge is -2.45. The Balaban J connectivity index is 1.56. The third kappa shape index (κ3) is 2.87. The fourth-order valence-corrected chi connectivity index (χ4v) is 5.38. The van der Waals surface area contributed by atoms with Crippen molar-refractivity contribution in [1.29, 1.82) is 0 Å². The quantitative estimate of drug-likeness (QED) is 0.805. The summed E-state index contributed by atoms with van der Waals surface area (Å²) in [6, 6.07) is 3.86. The second-order valence-electron chi connectivity index (χ2n) is 7.01. The fourth-order valence-electron chi connectivity index (χ4n) is 4.02. The molecule has 0 atom stereocenters. The SMILES string of the molecule is Cc1cn2cc(C(=O)N3CCCC4(CCSCC4)C3)ccc2n1. The van der Waals surface area contributed by atoms with Gasteiger partial charge in [-0.1, -0.05) is 0 Å². The molecule has 2 aromatic rings. The Kier molecular flexibility index (Phi) is 3.84. The Morgan fingerprint density at radius 3 is 2.87 bits per heavy atom. The predicted molar refractivity (Wildman–Crippen MR) is 94.1 cm³/mol. The average Bonchev–Trinajstić information content (AvgIpc) is 2.94. The summed E-state index contributed by atoms with van der Waals surface area (Å²) in [6.45, 7) is 3.81. The van der Waals surface area contributed by atoms with Crippen LogP contribution in [0.1, 0.15) is 41.7 Å². The van der Waals surface area contributed by atoms with Crippen LogP contribution in [0.3, 0.4) is 0 Å². The molecule has 0 bridgehead atoms. The first-order valence-electron chi connectivity index (χ1n) is 8.48. The standard InChI is InChI=1S/C18H23N3OS/c1-14-11-21-12-15(3-4-16(21)19-14)17(22)20-8-2-5-18(13-20)6-9-23-10-7-18/h3-4,11-12H,2,5-10,13H2,1H3. The Labute approximate surface area is 141 Å². The van der Waals surface area contributed by atoms with Gasteiger partial charge in [-0.25, -0.2) is 4.98 Å². The van der Waals surface area contributed by atoms with Gasteiger partial charge < -0.3 is 9.30 Å². The van der Waals surface area contributed by atoms with E-state index in [-0.39, 0.29) is 5.91 Å². The van der Waals surface area contributed by atoms with Crippen molar-refractivity contribution >= 4 is 23.3 Å². The number of carbonyl (C=O) groups excluding carboxylic acids is 1. The van der Waals surface area contributed by atoms with Crippen LogP contribution in [-0.2, 0) is 0 Å². The fraction of sp³-hybridized carbons (Fsp3) is 0.556. The highest BCUT2D eigenvalue weighted by Crippen LogP contribution is 2.42. The van der Waals surface area contributed by atoms with Crippen LogP contribution in [0.25, 0.3) is 5.65 Å². The number of likely N-dealkylation sites (tertiary alicyclic amines) is 1. The van der Waals surface area contributed by atoms with Crippen LogP contribution in [-0.4, -0.2) is 44.8 Å². The minimum Gasteiger partial charge on any atom is -0.338 e. The number of thioether (sulfide) groups is 1. The van der Waals surface area contributed by atoms with Crippen molar-refractivity contribution in [3.05, 3.63) is 35.8 Å². The van der Waals surface area contributed by atoms with Gasteiger partial charge in [0.2, 0.25) is 0 Å². The van der Waals surface area contributed by atoms with Gasteiger partial charge in [0, 0.05) is 25.5 Å². The maximum absolute atomic E-state index is 13.0. The Hall–Kier alpha value is -1.49. The van der Waals surface area contributed by atoms with Crippen LogP contribution in [0.15, 0.2) is 24.5 Å². The van der Waals surface area contributed by atoms with Crippen molar-refractivity contribution in [3.63, 3.8) is 0 Å². The molecule has 4 rings (SSSR count). The summed E-state index contributed by atoms with van der Waals surface area (Å²) < 4.78 is 1.96. The molecule has 1 spiro atoms. The molecule has 0 radical (unpaired) electrons. The van der Waals surface area contributed by atoms with Crippen molar-refractivity contribution in [2.24, 2.45) is 5.41 Å². The van der Waals surface area contributed by atoms with Crippen molar-refractivity contribution in [2.45, 2.75) is 32.6 Å². The molecule has 2 aromatic heterocycles.